The van der Waals surface area contributed by atoms with Crippen LogP contribution in [0.1, 0.15) is 31.9 Å². The molecule has 1 nitrogen and oxygen atoms in total. The summed E-state index contributed by atoms with van der Waals surface area (Å²) in [5, 5.41) is 0. The van der Waals surface area contributed by atoms with E-state index in [4.69, 9.17) is 0 Å². The van der Waals surface area contributed by atoms with E-state index < -0.39 is 11.7 Å². The molecule has 1 aliphatic heterocycles. The van der Waals surface area contributed by atoms with Gasteiger partial charge in [-0.1, -0.05) is 19.9 Å². The summed E-state index contributed by atoms with van der Waals surface area (Å²) in [7, 11) is 0. The predicted octanol–water partition coefficient (Wildman–Crippen LogP) is 4.38. The molecule has 16 heavy (non-hydrogen) atoms. The van der Waals surface area contributed by atoms with E-state index in [1.165, 1.54) is 6.07 Å². The Bertz CT molecular complexity index is 405. The number of alkyl halides is 3. The van der Waals surface area contributed by atoms with Gasteiger partial charge in [0.25, 0.3) is 0 Å². The summed E-state index contributed by atoms with van der Waals surface area (Å²) < 4.78 is 36.9. The highest BCUT2D eigenvalue weighted by Gasteiger charge is 2.31. The first-order valence-corrected chi connectivity index (χ1v) is 5.21. The topological polar surface area (TPSA) is 12.4 Å². The molecule has 0 N–H and O–H groups in total. The van der Waals surface area contributed by atoms with E-state index in [1.807, 2.05) is 20.8 Å². The maximum atomic E-state index is 12.3. The number of hydrogen-bond donors (Lipinski definition) is 0. The quantitative estimate of drug-likeness (QED) is 0.626. The molecular weight excluding hydrogens is 215 g/mol. The van der Waals surface area contributed by atoms with E-state index in [1.54, 1.807) is 0 Å². The van der Waals surface area contributed by atoms with Gasteiger partial charge in [-0.25, -0.2) is 0 Å². The molecule has 0 bridgehead atoms. The van der Waals surface area contributed by atoms with Crippen molar-refractivity contribution in [3.63, 3.8) is 0 Å². The van der Waals surface area contributed by atoms with E-state index in [2.05, 4.69) is 4.99 Å². The van der Waals surface area contributed by atoms with Gasteiger partial charge in [0, 0.05) is 12.1 Å². The molecule has 0 aromatic heterocycles. The maximum Gasteiger partial charge on any atom is 0.416 e. The molecule has 0 atom stereocenters. The molecule has 1 aromatic rings. The molecule has 1 aromatic carbocycles. The summed E-state index contributed by atoms with van der Waals surface area (Å²) in [6.45, 7) is 5.81. The molecule has 0 amide bonds. The summed E-state index contributed by atoms with van der Waals surface area (Å²) >= 11 is 0. The second-order valence-electron chi connectivity index (χ2n) is 3.37. The summed E-state index contributed by atoms with van der Waals surface area (Å²) in [5.41, 5.74) is 1.56. The van der Waals surface area contributed by atoms with Gasteiger partial charge in [-0.15, -0.1) is 0 Å². The predicted molar refractivity (Wildman–Crippen MR) is 59.3 cm³/mol. The van der Waals surface area contributed by atoms with Gasteiger partial charge < -0.3 is 0 Å². The average Bonchev–Trinajstić information content (AvgIpc) is 2.58. The Hall–Kier alpha value is -1.32. The Labute approximate surface area is 93.0 Å². The summed E-state index contributed by atoms with van der Waals surface area (Å²) in [6.07, 6.45) is -3.62. The Morgan fingerprint density at radius 3 is 2.38 bits per heavy atom. The smallest absolute Gasteiger partial charge is 0.257 e. The van der Waals surface area contributed by atoms with E-state index in [0.717, 1.165) is 23.4 Å². The van der Waals surface area contributed by atoms with Gasteiger partial charge in [0.05, 0.1) is 11.3 Å². The lowest BCUT2D eigenvalue weighted by atomic mass is 10.1. The van der Waals surface area contributed by atoms with Gasteiger partial charge in [0.1, 0.15) is 0 Å². The van der Waals surface area contributed by atoms with Gasteiger partial charge in [0.2, 0.25) is 0 Å². The van der Waals surface area contributed by atoms with Crippen LogP contribution in [0.5, 0.6) is 0 Å². The first-order chi connectivity index (χ1) is 7.47. The zero-order valence-electron chi connectivity index (χ0n) is 9.52. The van der Waals surface area contributed by atoms with Crippen LogP contribution in [0.15, 0.2) is 23.2 Å². The lowest BCUT2D eigenvalue weighted by Crippen LogP contribution is -2.04. The minimum Gasteiger partial charge on any atom is -0.257 e. The lowest BCUT2D eigenvalue weighted by Gasteiger charge is -2.07. The molecule has 0 saturated heterocycles. The fourth-order valence-electron chi connectivity index (χ4n) is 1.51. The van der Waals surface area contributed by atoms with Crippen LogP contribution in [0, 0.1) is 0 Å². The number of aliphatic imine (C=N–C) groups is 1. The number of nitrogens with zero attached hydrogens (tertiary/aromatic N) is 1. The number of fused-ring (bicyclic) bond motifs is 1. The first kappa shape index (κ1) is 12.7. The van der Waals surface area contributed by atoms with Crippen molar-refractivity contribution in [2.45, 2.75) is 33.4 Å². The van der Waals surface area contributed by atoms with Crippen molar-refractivity contribution >= 4 is 11.4 Å². The van der Waals surface area contributed by atoms with Crippen molar-refractivity contribution in [2.75, 3.05) is 0 Å². The second kappa shape index (κ2) is 4.68. The zero-order valence-corrected chi connectivity index (χ0v) is 9.52. The van der Waals surface area contributed by atoms with Crippen LogP contribution < -0.4 is 0 Å². The third kappa shape index (κ3) is 2.62. The van der Waals surface area contributed by atoms with Crippen molar-refractivity contribution < 1.29 is 13.2 Å². The number of halogens is 3. The second-order valence-corrected chi connectivity index (χ2v) is 3.37. The van der Waals surface area contributed by atoms with Crippen LogP contribution in [0.2, 0.25) is 0 Å². The van der Waals surface area contributed by atoms with Gasteiger partial charge in [-0.2, -0.15) is 13.2 Å². The van der Waals surface area contributed by atoms with Gasteiger partial charge in [0.15, 0.2) is 0 Å². The maximum absolute atomic E-state index is 12.3. The largest absolute Gasteiger partial charge is 0.416 e. The highest BCUT2D eigenvalue weighted by Crippen LogP contribution is 2.35. The van der Waals surface area contributed by atoms with E-state index in [0.29, 0.717) is 12.1 Å². The third-order valence-corrected chi connectivity index (χ3v) is 2.17. The first-order valence-electron chi connectivity index (χ1n) is 5.21. The minimum atomic E-state index is -4.28. The SMILES string of the molecule is CC.CC1=Nc2cc(C(F)(F)F)ccc2C1. The number of hydrogen-bond acceptors (Lipinski definition) is 1. The Morgan fingerprint density at radius 1 is 1.19 bits per heavy atom. The summed E-state index contributed by atoms with van der Waals surface area (Å²) in [5.74, 6) is 0. The average molecular weight is 229 g/mol. The molecule has 2 rings (SSSR count). The molecule has 0 spiro atoms. The van der Waals surface area contributed by atoms with Crippen molar-refractivity contribution in [3.8, 4) is 0 Å². The third-order valence-electron chi connectivity index (χ3n) is 2.17. The van der Waals surface area contributed by atoms with Crippen LogP contribution in [0.4, 0.5) is 18.9 Å². The Kier molecular flexibility index (Phi) is 3.73. The minimum absolute atomic E-state index is 0.456. The van der Waals surface area contributed by atoms with E-state index in [9.17, 15) is 13.2 Å². The molecule has 1 heterocycles. The van der Waals surface area contributed by atoms with Gasteiger partial charge in [-0.05, 0) is 24.6 Å². The molecule has 0 aliphatic carbocycles. The van der Waals surface area contributed by atoms with E-state index >= 15 is 0 Å². The van der Waals surface area contributed by atoms with Crippen molar-refractivity contribution in [3.05, 3.63) is 29.3 Å². The van der Waals surface area contributed by atoms with Crippen LogP contribution in [-0.2, 0) is 12.6 Å². The molecule has 4 heteroatoms. The summed E-state index contributed by atoms with van der Waals surface area (Å²) in [4.78, 5) is 4.04. The Morgan fingerprint density at radius 2 is 1.81 bits per heavy atom. The molecule has 0 fully saturated rings. The highest BCUT2D eigenvalue weighted by molar-refractivity contribution is 5.92. The van der Waals surface area contributed by atoms with Crippen LogP contribution in [0.25, 0.3) is 0 Å². The molecular formula is C12H14F3N. The van der Waals surface area contributed by atoms with Gasteiger partial charge >= 0.3 is 6.18 Å². The lowest BCUT2D eigenvalue weighted by molar-refractivity contribution is -0.137. The van der Waals surface area contributed by atoms with Gasteiger partial charge in [-0.3, -0.25) is 4.99 Å². The zero-order chi connectivity index (χ0) is 12.3. The van der Waals surface area contributed by atoms with Crippen LogP contribution >= 0.6 is 0 Å². The van der Waals surface area contributed by atoms with Crippen molar-refractivity contribution in [1.29, 1.82) is 0 Å². The molecule has 1 aliphatic rings. The van der Waals surface area contributed by atoms with Crippen molar-refractivity contribution in [1.82, 2.24) is 0 Å². The van der Waals surface area contributed by atoms with Crippen LogP contribution in [-0.4, -0.2) is 5.71 Å². The molecule has 0 radical (unpaired) electrons. The van der Waals surface area contributed by atoms with E-state index in [-0.39, 0.29) is 0 Å². The highest BCUT2D eigenvalue weighted by atomic mass is 19.4. The number of rotatable bonds is 0. The normalized spacial score (nSPS) is 13.8. The molecule has 88 valence electrons. The molecule has 0 unspecified atom stereocenters. The summed E-state index contributed by atoms with van der Waals surface area (Å²) in [6, 6.07) is 3.71. The Balaban J connectivity index is 0.000000606. The van der Waals surface area contributed by atoms with Crippen LogP contribution in [0.3, 0.4) is 0 Å². The van der Waals surface area contributed by atoms with Crippen molar-refractivity contribution in [2.24, 2.45) is 4.99 Å². The standard InChI is InChI=1S/C10H8F3N.C2H6/c1-6-4-7-2-3-8(10(11,12)13)5-9(7)14-6;1-2/h2-3,5H,4H2,1H3;1-2H3. The fraction of sp³-hybridized carbons (Fsp3) is 0.417. The monoisotopic (exact) mass is 229 g/mol. The fourth-order valence-corrected chi connectivity index (χ4v) is 1.51. The number of benzene rings is 1. The molecule has 0 saturated carbocycles.